The summed E-state index contributed by atoms with van der Waals surface area (Å²) in [6, 6.07) is 8.10. The van der Waals surface area contributed by atoms with Crippen LogP contribution in [0.25, 0.3) is 0 Å². The van der Waals surface area contributed by atoms with Crippen LogP contribution >= 0.6 is 0 Å². The highest BCUT2D eigenvalue weighted by molar-refractivity contribution is 5.77. The minimum absolute atomic E-state index is 0.0226. The fraction of sp³-hybridized carbons (Fsp3) is 0.471. The number of piperidine rings is 1. The maximum absolute atomic E-state index is 12.4. The molecule has 0 bridgehead atoms. The fourth-order valence-corrected chi connectivity index (χ4v) is 2.86. The molecule has 0 radical (unpaired) electrons. The number of carbonyl (C=O) groups excluding carboxylic acids is 1. The highest BCUT2D eigenvalue weighted by Crippen LogP contribution is 2.20. The molecule has 0 N–H and O–H groups in total. The van der Waals surface area contributed by atoms with E-state index in [0.29, 0.717) is 6.54 Å². The van der Waals surface area contributed by atoms with Crippen LogP contribution in [0, 0.1) is 0 Å². The van der Waals surface area contributed by atoms with Crippen molar-refractivity contribution in [2.24, 2.45) is 0 Å². The Morgan fingerprint density at radius 1 is 1.35 bits per heavy atom. The van der Waals surface area contributed by atoms with Gasteiger partial charge in [-0.1, -0.05) is 19.1 Å². The van der Waals surface area contributed by atoms with Crippen LogP contribution in [0.5, 0.6) is 5.75 Å². The van der Waals surface area contributed by atoms with Gasteiger partial charge in [-0.3, -0.25) is 4.79 Å². The Morgan fingerprint density at radius 3 is 2.87 bits per heavy atom. The SMILES string of the molecule is CCc1ccc(OCC(=O)N2CCC[C@@H](n3cncn3)C2)cc1. The van der Waals surface area contributed by atoms with E-state index in [1.54, 1.807) is 6.33 Å². The van der Waals surface area contributed by atoms with Crippen LogP contribution in [-0.4, -0.2) is 45.3 Å². The van der Waals surface area contributed by atoms with Gasteiger partial charge in [-0.25, -0.2) is 9.67 Å². The number of aromatic nitrogens is 3. The largest absolute Gasteiger partial charge is 0.484 e. The molecule has 0 saturated carbocycles. The van der Waals surface area contributed by atoms with E-state index >= 15 is 0 Å². The molecule has 1 fully saturated rings. The molecule has 0 unspecified atom stereocenters. The van der Waals surface area contributed by atoms with Crippen LogP contribution in [0.15, 0.2) is 36.9 Å². The number of amides is 1. The number of aryl methyl sites for hydroxylation is 1. The Labute approximate surface area is 136 Å². The van der Waals surface area contributed by atoms with Crippen LogP contribution in [0.4, 0.5) is 0 Å². The molecule has 23 heavy (non-hydrogen) atoms. The molecule has 1 aliphatic rings. The van der Waals surface area contributed by atoms with Gasteiger partial charge in [0.05, 0.1) is 6.04 Å². The second-order valence-corrected chi connectivity index (χ2v) is 5.80. The summed E-state index contributed by atoms with van der Waals surface area (Å²) >= 11 is 0. The maximum atomic E-state index is 12.4. The van der Waals surface area contributed by atoms with Gasteiger partial charge < -0.3 is 9.64 Å². The molecule has 1 aliphatic heterocycles. The lowest BCUT2D eigenvalue weighted by Gasteiger charge is -2.32. The molecule has 3 rings (SSSR count). The molecule has 6 heteroatoms. The zero-order chi connectivity index (χ0) is 16.1. The first-order valence-electron chi connectivity index (χ1n) is 8.10. The number of likely N-dealkylation sites (tertiary alicyclic amines) is 1. The van der Waals surface area contributed by atoms with Crippen LogP contribution in [0.3, 0.4) is 0 Å². The number of hydrogen-bond donors (Lipinski definition) is 0. The van der Waals surface area contributed by atoms with Crippen LogP contribution < -0.4 is 4.74 Å². The van der Waals surface area contributed by atoms with Crippen molar-refractivity contribution in [3.05, 3.63) is 42.5 Å². The van der Waals surface area contributed by atoms with Crippen molar-refractivity contribution in [2.45, 2.75) is 32.2 Å². The average molecular weight is 314 g/mol. The van der Waals surface area contributed by atoms with E-state index in [9.17, 15) is 4.79 Å². The van der Waals surface area contributed by atoms with Gasteiger partial charge in [-0.2, -0.15) is 5.10 Å². The molecule has 1 amide bonds. The minimum Gasteiger partial charge on any atom is -0.484 e. The Bertz CT molecular complexity index is 625. The third-order valence-electron chi connectivity index (χ3n) is 4.25. The van der Waals surface area contributed by atoms with Gasteiger partial charge in [-0.15, -0.1) is 0 Å². The Kier molecular flexibility index (Phi) is 4.90. The van der Waals surface area contributed by atoms with Crippen molar-refractivity contribution in [3.8, 4) is 5.75 Å². The molecule has 1 aromatic carbocycles. The normalized spacial score (nSPS) is 18.0. The molecule has 1 atom stereocenters. The standard InChI is InChI=1S/C17H22N4O2/c1-2-14-5-7-16(8-6-14)23-11-17(22)20-9-3-4-15(10-20)21-13-18-12-19-21/h5-8,12-13,15H,2-4,9-11H2,1H3/t15-/m1/s1. The summed E-state index contributed by atoms with van der Waals surface area (Å²) in [6.07, 6.45) is 6.23. The molecule has 1 saturated heterocycles. The summed E-state index contributed by atoms with van der Waals surface area (Å²) < 4.78 is 7.46. The number of benzene rings is 1. The van der Waals surface area contributed by atoms with Gasteiger partial charge in [0.25, 0.3) is 5.91 Å². The van der Waals surface area contributed by atoms with E-state index in [0.717, 1.165) is 31.6 Å². The Hall–Kier alpha value is -2.37. The van der Waals surface area contributed by atoms with Crippen molar-refractivity contribution in [2.75, 3.05) is 19.7 Å². The summed E-state index contributed by atoms with van der Waals surface area (Å²) in [6.45, 7) is 3.64. The Morgan fingerprint density at radius 2 is 2.17 bits per heavy atom. The van der Waals surface area contributed by atoms with E-state index in [2.05, 4.69) is 17.0 Å². The second-order valence-electron chi connectivity index (χ2n) is 5.80. The van der Waals surface area contributed by atoms with E-state index in [4.69, 9.17) is 4.74 Å². The summed E-state index contributed by atoms with van der Waals surface area (Å²) in [7, 11) is 0. The summed E-state index contributed by atoms with van der Waals surface area (Å²) in [5, 5.41) is 4.18. The quantitative estimate of drug-likeness (QED) is 0.848. The first-order chi connectivity index (χ1) is 11.3. The molecule has 0 spiro atoms. The van der Waals surface area contributed by atoms with Crippen molar-refractivity contribution in [1.29, 1.82) is 0 Å². The smallest absolute Gasteiger partial charge is 0.260 e. The van der Waals surface area contributed by atoms with Crippen molar-refractivity contribution in [1.82, 2.24) is 19.7 Å². The zero-order valence-electron chi connectivity index (χ0n) is 13.4. The minimum atomic E-state index is 0.0226. The molecule has 0 aliphatic carbocycles. The fourth-order valence-electron chi connectivity index (χ4n) is 2.86. The summed E-state index contributed by atoms with van der Waals surface area (Å²) in [5.41, 5.74) is 1.26. The first-order valence-corrected chi connectivity index (χ1v) is 8.10. The number of ether oxygens (including phenoxy) is 1. The lowest BCUT2D eigenvalue weighted by atomic mass is 10.1. The highest BCUT2D eigenvalue weighted by atomic mass is 16.5. The predicted molar refractivity (Wildman–Crippen MR) is 86.2 cm³/mol. The lowest BCUT2D eigenvalue weighted by molar-refractivity contribution is -0.135. The van der Waals surface area contributed by atoms with Crippen LogP contribution in [0.1, 0.15) is 31.4 Å². The molecule has 122 valence electrons. The number of rotatable bonds is 5. The zero-order valence-corrected chi connectivity index (χ0v) is 13.4. The van der Waals surface area contributed by atoms with Gasteiger partial charge in [0.1, 0.15) is 18.4 Å². The Balaban J connectivity index is 1.53. The first kappa shape index (κ1) is 15.5. The van der Waals surface area contributed by atoms with Crippen LogP contribution in [-0.2, 0) is 11.2 Å². The highest BCUT2D eigenvalue weighted by Gasteiger charge is 2.25. The molecule has 1 aromatic heterocycles. The molecular formula is C17H22N4O2. The van der Waals surface area contributed by atoms with E-state index in [1.165, 1.54) is 11.9 Å². The van der Waals surface area contributed by atoms with Gasteiger partial charge in [-0.05, 0) is 37.0 Å². The monoisotopic (exact) mass is 314 g/mol. The third kappa shape index (κ3) is 3.88. The van der Waals surface area contributed by atoms with Gasteiger partial charge in [0, 0.05) is 13.1 Å². The summed E-state index contributed by atoms with van der Waals surface area (Å²) in [5.74, 6) is 0.759. The molecular weight excluding hydrogens is 292 g/mol. The van der Waals surface area contributed by atoms with Crippen molar-refractivity contribution in [3.63, 3.8) is 0 Å². The number of hydrogen-bond acceptors (Lipinski definition) is 4. The second kappa shape index (κ2) is 7.26. The van der Waals surface area contributed by atoms with Crippen molar-refractivity contribution < 1.29 is 9.53 Å². The molecule has 6 nitrogen and oxygen atoms in total. The van der Waals surface area contributed by atoms with E-state index < -0.39 is 0 Å². The third-order valence-corrected chi connectivity index (χ3v) is 4.25. The predicted octanol–water partition coefficient (Wildman–Crippen LogP) is 2.08. The molecule has 2 aromatic rings. The average Bonchev–Trinajstić information content (AvgIpc) is 3.15. The van der Waals surface area contributed by atoms with E-state index in [-0.39, 0.29) is 18.6 Å². The van der Waals surface area contributed by atoms with Gasteiger partial charge >= 0.3 is 0 Å². The number of carbonyl (C=O) groups is 1. The number of nitrogens with zero attached hydrogens (tertiary/aromatic N) is 4. The molecule has 2 heterocycles. The van der Waals surface area contributed by atoms with Crippen molar-refractivity contribution >= 4 is 5.91 Å². The summed E-state index contributed by atoms with van der Waals surface area (Å²) in [4.78, 5) is 18.2. The van der Waals surface area contributed by atoms with Crippen LogP contribution in [0.2, 0.25) is 0 Å². The lowest BCUT2D eigenvalue weighted by Crippen LogP contribution is -2.43. The van der Waals surface area contributed by atoms with Gasteiger partial charge in [0.2, 0.25) is 0 Å². The topological polar surface area (TPSA) is 60.2 Å². The van der Waals surface area contributed by atoms with Gasteiger partial charge in [0.15, 0.2) is 6.61 Å². The maximum Gasteiger partial charge on any atom is 0.260 e. The van der Waals surface area contributed by atoms with E-state index in [1.807, 2.05) is 33.8 Å².